The smallest absolute Gasteiger partial charge is 0.272 e. The quantitative estimate of drug-likeness (QED) is 0.874. The van der Waals surface area contributed by atoms with Crippen LogP contribution >= 0.6 is 11.3 Å². The summed E-state index contributed by atoms with van der Waals surface area (Å²) < 4.78 is 16.0. The van der Waals surface area contributed by atoms with Crippen LogP contribution in [0.1, 0.15) is 30.8 Å². The molecule has 2 atom stereocenters. The van der Waals surface area contributed by atoms with Gasteiger partial charge in [-0.25, -0.2) is 14.3 Å². The Balaban J connectivity index is 3.02. The number of hydrogen-bond donors (Lipinski definition) is 2. The number of carbonyl (C=O) groups is 1. The second-order valence-electron chi connectivity index (χ2n) is 4.86. The molecule has 1 amide bonds. The molecule has 0 aromatic carbocycles. The fourth-order valence-electron chi connectivity index (χ4n) is 1.42. The highest BCUT2D eigenvalue weighted by Gasteiger charge is 2.20. The molecule has 0 aliphatic carbocycles. The van der Waals surface area contributed by atoms with E-state index in [1.807, 2.05) is 20.8 Å². The lowest BCUT2D eigenvalue weighted by Crippen LogP contribution is -2.32. The van der Waals surface area contributed by atoms with Crippen molar-refractivity contribution in [1.82, 2.24) is 4.98 Å². The van der Waals surface area contributed by atoms with Gasteiger partial charge in [-0.3, -0.25) is 4.79 Å². The third-order valence-corrected chi connectivity index (χ3v) is 5.40. The summed E-state index contributed by atoms with van der Waals surface area (Å²) in [5, 5.41) is 5.62. The Bertz CT molecular complexity index is 566. The number of rotatable bonds is 4. The van der Waals surface area contributed by atoms with Crippen LogP contribution in [0, 0.1) is 19.8 Å². The van der Waals surface area contributed by atoms with Gasteiger partial charge in [-0.1, -0.05) is 13.8 Å². The van der Waals surface area contributed by atoms with Gasteiger partial charge in [-0.2, -0.15) is 0 Å². The normalized spacial score (nSPS) is 16.2. The minimum atomic E-state index is -3.29. The molecule has 0 saturated heterocycles. The van der Waals surface area contributed by atoms with Crippen LogP contribution in [0.3, 0.4) is 0 Å². The number of thiazole rings is 1. The van der Waals surface area contributed by atoms with Crippen molar-refractivity contribution >= 4 is 27.2 Å². The van der Waals surface area contributed by atoms with Gasteiger partial charge in [0.25, 0.3) is 5.91 Å². The maximum Gasteiger partial charge on any atom is 0.272 e. The van der Waals surface area contributed by atoms with E-state index in [9.17, 15) is 9.00 Å². The summed E-state index contributed by atoms with van der Waals surface area (Å²) >= 11 is 1.19. The average Bonchev–Trinajstić information content (AvgIpc) is 2.58. The minimum absolute atomic E-state index is 0.174. The molecule has 108 valence electrons. The zero-order valence-electron chi connectivity index (χ0n) is 11.5. The van der Waals surface area contributed by atoms with E-state index in [1.165, 1.54) is 11.3 Å². The molecule has 0 aliphatic heterocycles. The van der Waals surface area contributed by atoms with E-state index >= 15 is 0 Å². The van der Waals surface area contributed by atoms with E-state index in [2.05, 4.69) is 9.35 Å². The van der Waals surface area contributed by atoms with E-state index in [4.69, 9.17) is 10.9 Å². The van der Waals surface area contributed by atoms with Gasteiger partial charge in [0.05, 0.1) is 11.7 Å². The molecule has 1 rings (SSSR count). The van der Waals surface area contributed by atoms with Gasteiger partial charge in [0.1, 0.15) is 0 Å². The van der Waals surface area contributed by atoms with Crippen molar-refractivity contribution in [2.75, 3.05) is 0 Å². The highest BCUT2D eigenvalue weighted by atomic mass is 32.2. The molecule has 4 N–H and O–H groups in total. The van der Waals surface area contributed by atoms with Gasteiger partial charge < -0.3 is 5.73 Å². The molecule has 19 heavy (non-hydrogen) atoms. The molecule has 1 heterocycles. The maximum atomic E-state index is 12.2. The van der Waals surface area contributed by atoms with E-state index in [0.29, 0.717) is 6.42 Å². The highest BCUT2D eigenvalue weighted by Crippen LogP contribution is 2.21. The lowest BCUT2D eigenvalue weighted by atomic mass is 10.0. The van der Waals surface area contributed by atoms with Gasteiger partial charge in [0, 0.05) is 4.88 Å². The van der Waals surface area contributed by atoms with Crippen LogP contribution in [0.2, 0.25) is 0 Å². The number of hydrogen-bond acceptors (Lipinski definition) is 5. The molecule has 1 aromatic rings. The van der Waals surface area contributed by atoms with Gasteiger partial charge in [0.2, 0.25) is 4.34 Å². The van der Waals surface area contributed by atoms with Crippen LogP contribution in [0.25, 0.3) is 0 Å². The van der Waals surface area contributed by atoms with Crippen molar-refractivity contribution in [3.05, 3.63) is 10.6 Å². The standard InChI is InChI=1S/C11H20N4O2S2/c1-6(2)5-9(12)10(16)15-19(13,17)11-14-7(3)8(4)18-11/h6,9H,5,12H2,1-4H3,(H2,13,15,16,17)/t9-,19?/m0/s1. The predicted molar refractivity (Wildman–Crippen MR) is 77.0 cm³/mol. The molecule has 0 saturated carbocycles. The Morgan fingerprint density at radius 1 is 1.47 bits per heavy atom. The molecule has 8 heteroatoms. The molecule has 1 aromatic heterocycles. The Kier molecular flexibility index (Phi) is 5.19. The summed E-state index contributed by atoms with van der Waals surface area (Å²) in [5.41, 5.74) is 6.44. The first-order valence-electron chi connectivity index (χ1n) is 5.92. The summed E-state index contributed by atoms with van der Waals surface area (Å²) in [6, 6.07) is -0.772. The molecule has 0 aliphatic rings. The Morgan fingerprint density at radius 3 is 2.47 bits per heavy atom. The highest BCUT2D eigenvalue weighted by molar-refractivity contribution is 7.93. The maximum absolute atomic E-state index is 12.2. The third kappa shape index (κ3) is 4.34. The van der Waals surface area contributed by atoms with Crippen molar-refractivity contribution in [3.8, 4) is 0 Å². The first-order valence-corrected chi connectivity index (χ1v) is 8.31. The number of nitrogens with zero attached hydrogens (tertiary/aromatic N) is 2. The first-order chi connectivity index (χ1) is 8.63. The van der Waals surface area contributed by atoms with Crippen LogP contribution in [0.5, 0.6) is 0 Å². The van der Waals surface area contributed by atoms with Crippen molar-refractivity contribution in [2.24, 2.45) is 21.2 Å². The Hall–Kier alpha value is -0.830. The molecule has 0 spiro atoms. The largest absolute Gasteiger partial charge is 0.320 e. The third-order valence-electron chi connectivity index (χ3n) is 2.53. The zero-order valence-corrected chi connectivity index (χ0v) is 13.2. The summed E-state index contributed by atoms with van der Waals surface area (Å²) in [5.74, 6) is -0.376. The van der Waals surface area contributed by atoms with E-state index in [0.717, 1.165) is 10.6 Å². The molecule has 0 fully saturated rings. The summed E-state index contributed by atoms with van der Waals surface area (Å²) in [4.78, 5) is 16.8. The van der Waals surface area contributed by atoms with Crippen molar-refractivity contribution < 1.29 is 9.00 Å². The number of aromatic nitrogens is 1. The van der Waals surface area contributed by atoms with Crippen molar-refractivity contribution in [2.45, 2.75) is 44.5 Å². The topological polar surface area (TPSA) is 111 Å². The second kappa shape index (κ2) is 6.08. The second-order valence-corrected chi connectivity index (χ2v) is 8.02. The number of aryl methyl sites for hydroxylation is 2. The molecule has 1 unspecified atom stereocenters. The lowest BCUT2D eigenvalue weighted by molar-refractivity contribution is -0.119. The summed E-state index contributed by atoms with van der Waals surface area (Å²) in [7, 11) is -3.29. The van der Waals surface area contributed by atoms with Crippen LogP contribution in [0.4, 0.5) is 0 Å². The summed E-state index contributed by atoms with van der Waals surface area (Å²) in [6.07, 6.45) is 0.480. The summed E-state index contributed by atoms with van der Waals surface area (Å²) in [6.45, 7) is 7.52. The van der Waals surface area contributed by atoms with Crippen molar-refractivity contribution in [1.29, 1.82) is 0 Å². The SMILES string of the molecule is Cc1nc(S(N)(=O)=NC(=O)[C@@H](N)CC(C)C)sc1C. The Morgan fingerprint density at radius 2 is 2.05 bits per heavy atom. The predicted octanol–water partition coefficient (Wildman–Crippen LogP) is 1.36. The van der Waals surface area contributed by atoms with Crippen LogP contribution in [0.15, 0.2) is 8.70 Å². The van der Waals surface area contributed by atoms with E-state index < -0.39 is 21.9 Å². The molecule has 6 nitrogen and oxygen atoms in total. The van der Waals surface area contributed by atoms with Gasteiger partial charge >= 0.3 is 0 Å². The van der Waals surface area contributed by atoms with Gasteiger partial charge in [-0.05, 0) is 26.2 Å². The zero-order chi connectivity index (χ0) is 14.8. The molecule has 0 radical (unpaired) electrons. The molecular weight excluding hydrogens is 284 g/mol. The molecule has 0 bridgehead atoms. The number of amides is 1. The monoisotopic (exact) mass is 304 g/mol. The number of carbonyl (C=O) groups excluding carboxylic acids is 1. The van der Waals surface area contributed by atoms with Crippen molar-refractivity contribution in [3.63, 3.8) is 0 Å². The van der Waals surface area contributed by atoms with Gasteiger partial charge in [0.15, 0.2) is 9.92 Å². The van der Waals surface area contributed by atoms with Crippen LogP contribution in [-0.2, 0) is 14.7 Å². The first kappa shape index (κ1) is 16.2. The number of nitrogens with two attached hydrogens (primary N) is 2. The van der Waals surface area contributed by atoms with Gasteiger partial charge in [-0.15, -0.1) is 15.7 Å². The Labute approximate surface area is 117 Å². The van der Waals surface area contributed by atoms with Crippen LogP contribution < -0.4 is 10.9 Å². The minimum Gasteiger partial charge on any atom is -0.320 e. The van der Waals surface area contributed by atoms with Crippen LogP contribution in [-0.4, -0.2) is 21.1 Å². The van der Waals surface area contributed by atoms with E-state index in [1.54, 1.807) is 6.92 Å². The molecular formula is C11H20N4O2S2. The fraction of sp³-hybridized carbons (Fsp3) is 0.636. The van der Waals surface area contributed by atoms with E-state index in [-0.39, 0.29) is 10.3 Å². The lowest BCUT2D eigenvalue weighted by Gasteiger charge is -2.10. The average molecular weight is 304 g/mol. The fourth-order valence-corrected chi connectivity index (χ4v) is 3.77.